The lowest BCUT2D eigenvalue weighted by Gasteiger charge is -2.38. The van der Waals surface area contributed by atoms with Crippen molar-refractivity contribution in [2.75, 3.05) is 19.6 Å². The highest BCUT2D eigenvalue weighted by atomic mass is 35.5. The Kier molecular flexibility index (Phi) is 6.79. The molecule has 0 spiro atoms. The minimum Gasteiger partial charge on any atom is -0.465 e. The summed E-state index contributed by atoms with van der Waals surface area (Å²) in [5.41, 5.74) is 3.32. The molecule has 8 nitrogen and oxygen atoms in total. The van der Waals surface area contributed by atoms with Crippen molar-refractivity contribution in [3.05, 3.63) is 64.7 Å². The van der Waals surface area contributed by atoms with E-state index < -0.39 is 6.09 Å². The average Bonchev–Trinajstić information content (AvgIpc) is 3.33. The molecule has 2 aromatic carbocycles. The maximum Gasteiger partial charge on any atom is 0.407 e. The molecule has 3 aromatic rings. The highest BCUT2D eigenvalue weighted by Crippen LogP contribution is 2.22. The van der Waals surface area contributed by atoms with E-state index in [1.54, 1.807) is 0 Å². The molecule has 1 saturated heterocycles. The van der Waals surface area contributed by atoms with E-state index in [-0.39, 0.29) is 0 Å². The predicted molar refractivity (Wildman–Crippen MR) is 118 cm³/mol. The van der Waals surface area contributed by atoms with Crippen molar-refractivity contribution in [1.82, 2.24) is 30.4 Å². The second-order valence-corrected chi connectivity index (χ2v) is 8.22. The molecule has 0 aliphatic carbocycles. The molecule has 0 saturated carbocycles. The van der Waals surface area contributed by atoms with Crippen LogP contribution in [-0.2, 0) is 13.0 Å². The lowest BCUT2D eigenvalue weighted by molar-refractivity contribution is 0.0917. The fraction of sp³-hybridized carbons (Fsp3) is 0.364. The van der Waals surface area contributed by atoms with Gasteiger partial charge in [-0.25, -0.2) is 4.79 Å². The molecule has 31 heavy (non-hydrogen) atoms. The van der Waals surface area contributed by atoms with Crippen LogP contribution in [0.2, 0.25) is 5.02 Å². The van der Waals surface area contributed by atoms with Crippen LogP contribution in [0.25, 0.3) is 11.4 Å². The Hall–Kier alpha value is -2.97. The first kappa shape index (κ1) is 21.3. The highest BCUT2D eigenvalue weighted by molar-refractivity contribution is 6.30. The summed E-state index contributed by atoms with van der Waals surface area (Å²) in [6.45, 7) is 2.80. The largest absolute Gasteiger partial charge is 0.465 e. The van der Waals surface area contributed by atoms with E-state index in [2.05, 4.69) is 49.8 Å². The van der Waals surface area contributed by atoms with Gasteiger partial charge in [-0.3, -0.25) is 4.90 Å². The molecule has 1 fully saturated rings. The second-order valence-electron chi connectivity index (χ2n) is 7.78. The van der Waals surface area contributed by atoms with Crippen molar-refractivity contribution in [2.24, 2.45) is 0 Å². The number of carboxylic acid groups (broad SMARTS) is 1. The SMILES string of the molecule is O=C(O)N1CCC(N(CCc2ccc(Cl)cc2)Cc2cccc(-c3nn[nH]n3)c2)CC1. The smallest absolute Gasteiger partial charge is 0.407 e. The molecule has 1 aliphatic rings. The second kappa shape index (κ2) is 9.89. The van der Waals surface area contributed by atoms with Crippen molar-refractivity contribution in [2.45, 2.75) is 31.8 Å². The fourth-order valence-electron chi connectivity index (χ4n) is 4.06. The van der Waals surface area contributed by atoms with Gasteiger partial charge < -0.3 is 10.0 Å². The molecular weight excluding hydrogens is 416 g/mol. The lowest BCUT2D eigenvalue weighted by Crippen LogP contribution is -2.46. The van der Waals surface area contributed by atoms with Crippen LogP contribution in [0.1, 0.15) is 24.0 Å². The third kappa shape index (κ3) is 5.59. The molecule has 162 valence electrons. The van der Waals surface area contributed by atoms with Crippen molar-refractivity contribution in [1.29, 1.82) is 0 Å². The van der Waals surface area contributed by atoms with Gasteiger partial charge in [-0.2, -0.15) is 5.21 Å². The number of nitrogens with zero attached hydrogens (tertiary/aromatic N) is 5. The number of nitrogens with one attached hydrogen (secondary N) is 1. The number of hydrogen-bond donors (Lipinski definition) is 2. The summed E-state index contributed by atoms with van der Waals surface area (Å²) in [7, 11) is 0. The molecule has 1 amide bonds. The van der Waals surface area contributed by atoms with Gasteiger partial charge in [-0.1, -0.05) is 41.9 Å². The number of aromatic nitrogens is 4. The maximum absolute atomic E-state index is 11.3. The van der Waals surface area contributed by atoms with Crippen LogP contribution in [-0.4, -0.2) is 67.3 Å². The molecular formula is C22H25ClN6O2. The Balaban J connectivity index is 1.48. The molecule has 2 heterocycles. The Labute approximate surface area is 185 Å². The van der Waals surface area contributed by atoms with Gasteiger partial charge in [0, 0.05) is 42.8 Å². The van der Waals surface area contributed by atoms with E-state index in [4.69, 9.17) is 11.6 Å². The molecule has 1 aliphatic heterocycles. The van der Waals surface area contributed by atoms with Gasteiger partial charge in [-0.15, -0.1) is 10.2 Å². The van der Waals surface area contributed by atoms with Crippen LogP contribution in [0.3, 0.4) is 0 Å². The van der Waals surface area contributed by atoms with Gasteiger partial charge in [0.05, 0.1) is 0 Å². The predicted octanol–water partition coefficient (Wildman–Crippen LogP) is 3.71. The van der Waals surface area contributed by atoms with Crippen LogP contribution in [0, 0.1) is 0 Å². The number of benzene rings is 2. The van der Waals surface area contributed by atoms with Gasteiger partial charge in [0.1, 0.15) is 0 Å². The Bertz CT molecular complexity index is 988. The third-order valence-electron chi connectivity index (χ3n) is 5.77. The number of H-pyrrole nitrogens is 1. The number of amides is 1. The van der Waals surface area contributed by atoms with Crippen LogP contribution in [0.4, 0.5) is 4.79 Å². The molecule has 0 unspecified atom stereocenters. The summed E-state index contributed by atoms with van der Waals surface area (Å²) >= 11 is 6.02. The monoisotopic (exact) mass is 440 g/mol. The van der Waals surface area contributed by atoms with Crippen molar-refractivity contribution in [3.63, 3.8) is 0 Å². The van der Waals surface area contributed by atoms with Crippen molar-refractivity contribution >= 4 is 17.7 Å². The van der Waals surface area contributed by atoms with Crippen LogP contribution in [0.15, 0.2) is 48.5 Å². The number of hydrogen-bond acceptors (Lipinski definition) is 5. The normalized spacial score (nSPS) is 14.8. The maximum atomic E-state index is 11.3. The third-order valence-corrected chi connectivity index (χ3v) is 6.02. The molecule has 0 atom stereocenters. The fourth-order valence-corrected chi connectivity index (χ4v) is 4.19. The first-order valence-electron chi connectivity index (χ1n) is 10.4. The van der Waals surface area contributed by atoms with E-state index in [9.17, 15) is 9.90 Å². The van der Waals surface area contributed by atoms with Crippen molar-refractivity contribution < 1.29 is 9.90 Å². The zero-order valence-electron chi connectivity index (χ0n) is 17.1. The summed E-state index contributed by atoms with van der Waals surface area (Å²) in [6, 6.07) is 16.5. The van der Waals surface area contributed by atoms with Crippen LogP contribution >= 0.6 is 11.6 Å². The Morgan fingerprint density at radius 3 is 2.61 bits per heavy atom. The first-order valence-corrected chi connectivity index (χ1v) is 10.8. The summed E-state index contributed by atoms with van der Waals surface area (Å²) in [5.74, 6) is 0.573. The van der Waals surface area contributed by atoms with E-state index in [1.165, 1.54) is 16.0 Å². The van der Waals surface area contributed by atoms with Gasteiger partial charge in [-0.05, 0) is 53.8 Å². The minimum atomic E-state index is -0.834. The van der Waals surface area contributed by atoms with Crippen molar-refractivity contribution in [3.8, 4) is 11.4 Å². The summed E-state index contributed by atoms with van der Waals surface area (Å²) in [6.07, 6.45) is 1.73. The molecule has 2 N–H and O–H groups in total. The number of aromatic amines is 1. The summed E-state index contributed by atoms with van der Waals surface area (Å²) in [4.78, 5) is 15.3. The topological polar surface area (TPSA) is 98.2 Å². The van der Waals surface area contributed by atoms with Gasteiger partial charge in [0.15, 0.2) is 0 Å². The van der Waals surface area contributed by atoms with Crippen LogP contribution < -0.4 is 0 Å². The number of likely N-dealkylation sites (tertiary alicyclic amines) is 1. The minimum absolute atomic E-state index is 0.330. The van der Waals surface area contributed by atoms with E-state index >= 15 is 0 Å². The van der Waals surface area contributed by atoms with Crippen LogP contribution in [0.5, 0.6) is 0 Å². The number of piperidine rings is 1. The van der Waals surface area contributed by atoms with Gasteiger partial charge in [0.25, 0.3) is 0 Å². The quantitative estimate of drug-likeness (QED) is 0.581. The number of rotatable bonds is 7. The lowest BCUT2D eigenvalue weighted by atomic mass is 10.0. The standard InChI is InChI=1S/C22H25ClN6O2/c23-19-6-4-16(5-7-19)8-11-29(20-9-12-28(13-10-20)22(30)31)15-17-2-1-3-18(14-17)21-24-26-27-25-21/h1-7,14,20H,8-13,15H2,(H,30,31)(H,24,25,26,27). The Morgan fingerprint density at radius 2 is 1.94 bits per heavy atom. The Morgan fingerprint density at radius 1 is 1.16 bits per heavy atom. The zero-order valence-corrected chi connectivity index (χ0v) is 17.9. The first-order chi connectivity index (χ1) is 15.1. The number of halogens is 1. The molecule has 0 radical (unpaired) electrons. The van der Waals surface area contributed by atoms with Gasteiger partial charge in [0.2, 0.25) is 5.82 Å². The van der Waals surface area contributed by atoms with E-state index in [0.717, 1.165) is 42.9 Å². The number of tetrazole rings is 1. The summed E-state index contributed by atoms with van der Waals surface area (Å²) in [5, 5.41) is 24.3. The van der Waals surface area contributed by atoms with E-state index in [0.29, 0.717) is 25.0 Å². The molecule has 4 rings (SSSR count). The molecule has 1 aromatic heterocycles. The number of carbonyl (C=O) groups is 1. The summed E-state index contributed by atoms with van der Waals surface area (Å²) < 4.78 is 0. The molecule has 0 bridgehead atoms. The highest BCUT2D eigenvalue weighted by Gasteiger charge is 2.26. The molecule has 9 heteroatoms. The zero-order chi connectivity index (χ0) is 21.6. The average molecular weight is 441 g/mol. The van der Waals surface area contributed by atoms with Gasteiger partial charge >= 0.3 is 6.09 Å². The van der Waals surface area contributed by atoms with E-state index in [1.807, 2.05) is 24.3 Å².